The maximum absolute atomic E-state index is 13.0. The summed E-state index contributed by atoms with van der Waals surface area (Å²) in [6.45, 7) is 0. The minimum absolute atomic E-state index is 0.368. The van der Waals surface area contributed by atoms with E-state index < -0.39 is 17.9 Å². The van der Waals surface area contributed by atoms with Crippen LogP contribution in [0.15, 0.2) is 61.1 Å². The van der Waals surface area contributed by atoms with Crippen molar-refractivity contribution in [2.24, 2.45) is 0 Å². The van der Waals surface area contributed by atoms with E-state index in [-0.39, 0.29) is 0 Å². The molecule has 3 aromatic rings. The van der Waals surface area contributed by atoms with Gasteiger partial charge in [-0.05, 0) is 53.3 Å². The van der Waals surface area contributed by atoms with E-state index in [0.29, 0.717) is 17.7 Å². The number of H-pyrrole nitrogens is 1. The van der Waals surface area contributed by atoms with Gasteiger partial charge in [-0.1, -0.05) is 42.5 Å². The number of hydrogen-bond donors (Lipinski definition) is 3. The lowest BCUT2D eigenvalue weighted by atomic mass is 9.96. The summed E-state index contributed by atoms with van der Waals surface area (Å²) in [4.78, 5) is 31.6. The fourth-order valence-corrected chi connectivity index (χ4v) is 3.47. The Bertz CT molecular complexity index is 1020. The van der Waals surface area contributed by atoms with Gasteiger partial charge in [0.05, 0.1) is 12.0 Å². The maximum atomic E-state index is 13.0. The summed E-state index contributed by atoms with van der Waals surface area (Å²) in [5.74, 6) is -0.776. The van der Waals surface area contributed by atoms with Gasteiger partial charge in [-0.3, -0.25) is 4.79 Å². The predicted octanol–water partition coefficient (Wildman–Crippen LogP) is 4.18. The summed E-state index contributed by atoms with van der Waals surface area (Å²) in [6.07, 6.45) is 9.47. The molecule has 0 saturated carbocycles. The summed E-state index contributed by atoms with van der Waals surface area (Å²) in [5, 5.41) is 12.1. The third kappa shape index (κ3) is 5.61. The van der Waals surface area contributed by atoms with E-state index in [2.05, 4.69) is 15.3 Å². The molecule has 0 saturated heterocycles. The molecule has 1 amide bonds. The highest BCUT2D eigenvalue weighted by Crippen LogP contribution is 2.26. The number of carbonyl (C=O) groups excluding carboxylic acids is 1. The molecule has 3 rings (SSSR count). The van der Waals surface area contributed by atoms with Crippen molar-refractivity contribution >= 4 is 35.8 Å². The quantitative estimate of drug-likeness (QED) is 0.482. The van der Waals surface area contributed by atoms with Crippen LogP contribution in [0.2, 0.25) is 0 Å². The van der Waals surface area contributed by atoms with Crippen LogP contribution >= 0.6 is 11.8 Å². The summed E-state index contributed by atoms with van der Waals surface area (Å²) in [6, 6.07) is 14.1. The number of amides is 1. The van der Waals surface area contributed by atoms with Crippen molar-refractivity contribution in [1.82, 2.24) is 15.3 Å². The molecule has 0 spiro atoms. The van der Waals surface area contributed by atoms with Crippen molar-refractivity contribution in [3.8, 4) is 11.1 Å². The van der Waals surface area contributed by atoms with Gasteiger partial charge < -0.3 is 15.4 Å². The van der Waals surface area contributed by atoms with Gasteiger partial charge in [-0.15, -0.1) is 0 Å². The molecule has 0 aliphatic rings. The highest BCUT2D eigenvalue weighted by molar-refractivity contribution is 7.98. The first-order valence-electron chi connectivity index (χ1n) is 9.47. The second kappa shape index (κ2) is 10.5. The third-order valence-electron chi connectivity index (χ3n) is 4.55. The molecule has 0 radical (unpaired) electrons. The Morgan fingerprint density at radius 1 is 1.20 bits per heavy atom. The zero-order valence-electron chi connectivity index (χ0n) is 16.5. The van der Waals surface area contributed by atoms with Crippen LogP contribution in [0.1, 0.15) is 28.0 Å². The summed E-state index contributed by atoms with van der Waals surface area (Å²) in [5.41, 5.74) is 3.77. The van der Waals surface area contributed by atoms with Gasteiger partial charge in [-0.25, -0.2) is 9.78 Å². The third-order valence-corrected chi connectivity index (χ3v) is 5.20. The van der Waals surface area contributed by atoms with Gasteiger partial charge in [0.25, 0.3) is 5.91 Å². The number of nitrogens with one attached hydrogen (secondary N) is 2. The Hall–Kier alpha value is -3.32. The zero-order chi connectivity index (χ0) is 21.3. The maximum Gasteiger partial charge on any atom is 0.326 e. The average Bonchev–Trinajstić information content (AvgIpc) is 3.29. The molecule has 3 N–H and O–H groups in total. The van der Waals surface area contributed by atoms with E-state index in [1.54, 1.807) is 30.4 Å². The molecule has 7 heteroatoms. The zero-order valence-corrected chi connectivity index (χ0v) is 17.4. The Morgan fingerprint density at radius 3 is 2.67 bits per heavy atom. The fraction of sp³-hybridized carbons (Fsp3) is 0.174. The van der Waals surface area contributed by atoms with Crippen LogP contribution in [-0.2, 0) is 4.79 Å². The molecule has 154 valence electrons. The van der Waals surface area contributed by atoms with Gasteiger partial charge >= 0.3 is 5.97 Å². The van der Waals surface area contributed by atoms with E-state index >= 15 is 0 Å². The summed E-state index contributed by atoms with van der Waals surface area (Å²) >= 11 is 1.55. The van der Waals surface area contributed by atoms with Crippen LogP contribution in [0.25, 0.3) is 23.3 Å². The van der Waals surface area contributed by atoms with Crippen molar-refractivity contribution in [3.05, 3.63) is 77.9 Å². The summed E-state index contributed by atoms with van der Waals surface area (Å²) in [7, 11) is 0. The Kier molecular flexibility index (Phi) is 7.45. The number of hydrogen-bond acceptors (Lipinski definition) is 4. The van der Waals surface area contributed by atoms with Gasteiger partial charge in [0, 0.05) is 11.8 Å². The number of aromatic amines is 1. The molecule has 1 unspecified atom stereocenters. The second-order valence-electron chi connectivity index (χ2n) is 6.64. The molecule has 1 aromatic heterocycles. The molecule has 0 bridgehead atoms. The molecule has 0 fully saturated rings. The average molecular weight is 422 g/mol. The normalized spacial score (nSPS) is 12.0. The minimum Gasteiger partial charge on any atom is -0.480 e. The predicted molar refractivity (Wildman–Crippen MR) is 121 cm³/mol. The van der Waals surface area contributed by atoms with Crippen LogP contribution < -0.4 is 5.32 Å². The highest BCUT2D eigenvalue weighted by atomic mass is 32.2. The Labute approximate surface area is 179 Å². The van der Waals surface area contributed by atoms with Crippen LogP contribution in [0.3, 0.4) is 0 Å². The number of imidazole rings is 1. The SMILES string of the molecule is CSCCC(NC(=O)c1ccc(/C=C/c2c[nH]cn2)cc1-c1ccccc1)C(=O)O. The van der Waals surface area contributed by atoms with E-state index in [4.69, 9.17) is 0 Å². The number of carboxylic acid groups (broad SMARTS) is 1. The number of carboxylic acids is 1. The smallest absolute Gasteiger partial charge is 0.326 e. The van der Waals surface area contributed by atoms with Gasteiger partial charge in [0.1, 0.15) is 6.04 Å². The van der Waals surface area contributed by atoms with Gasteiger partial charge in [-0.2, -0.15) is 11.8 Å². The fourth-order valence-electron chi connectivity index (χ4n) is 2.99. The van der Waals surface area contributed by atoms with Crippen molar-refractivity contribution in [1.29, 1.82) is 0 Å². The molecule has 0 aliphatic carbocycles. The number of aliphatic carboxylic acids is 1. The van der Waals surface area contributed by atoms with Crippen LogP contribution in [0, 0.1) is 0 Å². The Balaban J connectivity index is 1.92. The molecule has 2 aromatic carbocycles. The van der Waals surface area contributed by atoms with Crippen LogP contribution in [0.4, 0.5) is 0 Å². The lowest BCUT2D eigenvalue weighted by Crippen LogP contribution is -2.41. The number of thioether (sulfide) groups is 1. The molecular weight excluding hydrogens is 398 g/mol. The number of rotatable bonds is 9. The minimum atomic E-state index is -1.03. The number of nitrogens with zero attached hydrogens (tertiary/aromatic N) is 1. The second-order valence-corrected chi connectivity index (χ2v) is 7.63. The van der Waals surface area contributed by atoms with Crippen molar-refractivity contribution in [2.45, 2.75) is 12.5 Å². The molecule has 30 heavy (non-hydrogen) atoms. The number of benzene rings is 2. The van der Waals surface area contributed by atoms with E-state index in [1.807, 2.05) is 60.9 Å². The van der Waals surface area contributed by atoms with Crippen molar-refractivity contribution in [2.75, 3.05) is 12.0 Å². The first-order chi connectivity index (χ1) is 14.6. The molecule has 6 nitrogen and oxygen atoms in total. The van der Waals surface area contributed by atoms with Crippen molar-refractivity contribution in [3.63, 3.8) is 0 Å². The van der Waals surface area contributed by atoms with E-state index in [0.717, 1.165) is 22.4 Å². The van der Waals surface area contributed by atoms with E-state index in [9.17, 15) is 14.7 Å². The van der Waals surface area contributed by atoms with Crippen LogP contribution in [0.5, 0.6) is 0 Å². The van der Waals surface area contributed by atoms with Gasteiger partial charge in [0.15, 0.2) is 0 Å². The topological polar surface area (TPSA) is 95.1 Å². The van der Waals surface area contributed by atoms with E-state index in [1.165, 1.54) is 0 Å². The standard InChI is InChI=1S/C23H23N3O3S/c1-30-12-11-21(23(28)29)26-22(27)19-10-8-16(7-9-18-14-24-15-25-18)13-20(19)17-5-3-2-4-6-17/h2-10,13-15,21H,11-12H2,1H3,(H,24,25)(H,26,27)(H,28,29)/b9-7+. The number of aromatic nitrogens is 2. The lowest BCUT2D eigenvalue weighted by Gasteiger charge is -2.16. The first kappa shape index (κ1) is 21.4. The Morgan fingerprint density at radius 2 is 2.00 bits per heavy atom. The monoisotopic (exact) mass is 421 g/mol. The highest BCUT2D eigenvalue weighted by Gasteiger charge is 2.22. The lowest BCUT2D eigenvalue weighted by molar-refractivity contribution is -0.139. The van der Waals surface area contributed by atoms with Crippen molar-refractivity contribution < 1.29 is 14.7 Å². The number of carbonyl (C=O) groups is 2. The molecule has 1 heterocycles. The summed E-state index contributed by atoms with van der Waals surface area (Å²) < 4.78 is 0. The van der Waals surface area contributed by atoms with Gasteiger partial charge in [0.2, 0.25) is 0 Å². The molecule has 1 atom stereocenters. The molecule has 0 aliphatic heterocycles. The first-order valence-corrected chi connectivity index (χ1v) is 10.9. The largest absolute Gasteiger partial charge is 0.480 e. The molecular formula is C23H23N3O3S. The van der Waals surface area contributed by atoms with Crippen LogP contribution in [-0.4, -0.2) is 45.0 Å².